The fourth-order valence-corrected chi connectivity index (χ4v) is 4.19. The Morgan fingerprint density at radius 3 is 2.79 bits per heavy atom. The van der Waals surface area contributed by atoms with Gasteiger partial charge in [0.25, 0.3) is 5.91 Å². The van der Waals surface area contributed by atoms with Gasteiger partial charge in [-0.25, -0.2) is 4.68 Å². The van der Waals surface area contributed by atoms with Crippen molar-refractivity contribution in [3.8, 4) is 17.0 Å². The molecule has 1 aromatic carbocycles. The van der Waals surface area contributed by atoms with Crippen molar-refractivity contribution in [2.24, 2.45) is 7.05 Å². The van der Waals surface area contributed by atoms with Gasteiger partial charge in [-0.15, -0.1) is 0 Å². The van der Waals surface area contributed by atoms with Gasteiger partial charge in [0, 0.05) is 31.1 Å². The Labute approximate surface area is 191 Å². The number of aromatic nitrogens is 6. The Kier molecular flexibility index (Phi) is 5.03. The van der Waals surface area contributed by atoms with Gasteiger partial charge in [0.2, 0.25) is 5.88 Å². The average Bonchev–Trinajstić information content (AvgIpc) is 3.46. The number of benzene rings is 1. The molecule has 0 unspecified atom stereocenters. The second kappa shape index (κ2) is 7.91. The summed E-state index contributed by atoms with van der Waals surface area (Å²) in [4.78, 5) is 15.2. The van der Waals surface area contributed by atoms with Crippen molar-refractivity contribution in [2.45, 2.75) is 26.8 Å². The summed E-state index contributed by atoms with van der Waals surface area (Å²) in [6, 6.07) is 6.13. The van der Waals surface area contributed by atoms with E-state index in [1.54, 1.807) is 27.5 Å². The fraction of sp³-hybridized carbons (Fsp3) is 0.333. The predicted molar refractivity (Wildman–Crippen MR) is 127 cm³/mol. The molecule has 0 atom stereocenters. The summed E-state index contributed by atoms with van der Waals surface area (Å²) in [5, 5.41) is 17.6. The van der Waals surface area contributed by atoms with E-state index in [1.807, 2.05) is 52.1 Å². The molecular formula is C24H27N7O2. The SMILES string of the molecule is Cc1nn(C(C)C)c2c1/C=C/c1[nH]nc3ccc(cc13)-c1cnn(C)c1OCCN(C)C2=O. The largest absolute Gasteiger partial charge is 0.476 e. The van der Waals surface area contributed by atoms with Crippen molar-refractivity contribution in [1.82, 2.24) is 34.7 Å². The zero-order chi connectivity index (χ0) is 23.3. The predicted octanol–water partition coefficient (Wildman–Crippen LogP) is 3.68. The maximum atomic E-state index is 13.5. The van der Waals surface area contributed by atoms with E-state index in [4.69, 9.17) is 4.74 Å². The minimum atomic E-state index is -0.0945. The molecule has 0 saturated carbocycles. The van der Waals surface area contributed by atoms with Crippen LogP contribution in [0.25, 0.3) is 34.2 Å². The van der Waals surface area contributed by atoms with E-state index in [9.17, 15) is 4.79 Å². The molecule has 1 N–H and O–H groups in total. The third kappa shape index (κ3) is 3.49. The standard InChI is InChI=1S/C24H27N7O2/c1-14(2)31-22-17(15(3)28-31)7-9-21-18-12-16(6-8-20(18)26-27-21)19-13-25-30(5)24(19)33-11-10-29(4)23(22)32/h6-9,12-14H,10-11H2,1-5H3,(H,26,27)/b9-7+. The van der Waals surface area contributed by atoms with E-state index in [0.29, 0.717) is 24.7 Å². The van der Waals surface area contributed by atoms with Crippen LogP contribution >= 0.6 is 0 Å². The van der Waals surface area contributed by atoms with Crippen molar-refractivity contribution >= 4 is 29.0 Å². The van der Waals surface area contributed by atoms with Gasteiger partial charge >= 0.3 is 0 Å². The Bertz CT molecular complexity index is 1390. The quantitative estimate of drug-likeness (QED) is 0.482. The number of rotatable bonds is 1. The van der Waals surface area contributed by atoms with Crippen LogP contribution in [0.3, 0.4) is 0 Å². The summed E-state index contributed by atoms with van der Waals surface area (Å²) < 4.78 is 9.63. The molecule has 4 aromatic rings. The minimum Gasteiger partial charge on any atom is -0.476 e. The smallest absolute Gasteiger partial charge is 0.272 e. The highest BCUT2D eigenvalue weighted by atomic mass is 16.5. The molecule has 1 aliphatic heterocycles. The first-order valence-electron chi connectivity index (χ1n) is 11.0. The van der Waals surface area contributed by atoms with Gasteiger partial charge in [0.15, 0.2) is 0 Å². The Balaban J connectivity index is 1.71. The molecule has 0 spiro atoms. The van der Waals surface area contributed by atoms with E-state index in [2.05, 4.69) is 26.5 Å². The molecule has 4 heterocycles. The molecule has 33 heavy (non-hydrogen) atoms. The topological polar surface area (TPSA) is 93.9 Å². The van der Waals surface area contributed by atoms with Crippen LogP contribution in [0, 0.1) is 6.92 Å². The molecule has 0 saturated heterocycles. The fourth-order valence-electron chi connectivity index (χ4n) is 4.19. The molecule has 1 amide bonds. The number of ether oxygens (including phenoxy) is 1. The monoisotopic (exact) mass is 445 g/mol. The number of likely N-dealkylation sites (N-methyl/N-ethyl adjacent to an activating group) is 1. The number of aromatic amines is 1. The summed E-state index contributed by atoms with van der Waals surface area (Å²) in [5.74, 6) is 0.567. The number of hydrogen-bond acceptors (Lipinski definition) is 5. The van der Waals surface area contributed by atoms with Crippen molar-refractivity contribution < 1.29 is 9.53 Å². The Hall–Kier alpha value is -3.88. The first-order chi connectivity index (χ1) is 15.8. The zero-order valence-corrected chi connectivity index (χ0v) is 19.5. The Morgan fingerprint density at radius 1 is 1.18 bits per heavy atom. The van der Waals surface area contributed by atoms with Gasteiger partial charge in [-0.1, -0.05) is 6.07 Å². The lowest BCUT2D eigenvalue weighted by atomic mass is 10.0. The number of amides is 1. The molecule has 0 aliphatic carbocycles. The number of nitrogens with zero attached hydrogens (tertiary/aromatic N) is 6. The van der Waals surface area contributed by atoms with Crippen LogP contribution in [-0.4, -0.2) is 60.8 Å². The first kappa shape index (κ1) is 21.0. The number of carbonyl (C=O) groups excluding carboxylic acids is 1. The van der Waals surface area contributed by atoms with Gasteiger partial charge in [-0.3, -0.25) is 14.6 Å². The summed E-state index contributed by atoms with van der Waals surface area (Å²) >= 11 is 0. The van der Waals surface area contributed by atoms with Crippen LogP contribution in [-0.2, 0) is 7.05 Å². The van der Waals surface area contributed by atoms with E-state index in [-0.39, 0.29) is 11.9 Å². The van der Waals surface area contributed by atoms with E-state index in [0.717, 1.165) is 39.0 Å². The number of fused-ring (bicyclic) bond motifs is 4. The van der Waals surface area contributed by atoms with Crippen LogP contribution in [0.1, 0.15) is 47.3 Å². The average molecular weight is 446 g/mol. The van der Waals surface area contributed by atoms with Crippen LogP contribution in [0.15, 0.2) is 24.4 Å². The van der Waals surface area contributed by atoms with Crippen LogP contribution in [0.4, 0.5) is 0 Å². The lowest BCUT2D eigenvalue weighted by Gasteiger charge is -2.20. The number of nitrogens with one attached hydrogen (secondary N) is 1. The van der Waals surface area contributed by atoms with Gasteiger partial charge < -0.3 is 9.64 Å². The number of aryl methyl sites for hydroxylation is 2. The molecule has 2 bridgehead atoms. The van der Waals surface area contributed by atoms with E-state index >= 15 is 0 Å². The third-order valence-corrected chi connectivity index (χ3v) is 6.03. The molecule has 9 nitrogen and oxygen atoms in total. The highest BCUT2D eigenvalue weighted by Crippen LogP contribution is 2.33. The van der Waals surface area contributed by atoms with Crippen LogP contribution in [0.5, 0.6) is 5.88 Å². The number of H-pyrrole nitrogens is 1. The molecular weight excluding hydrogens is 418 g/mol. The summed E-state index contributed by atoms with van der Waals surface area (Å²) in [7, 11) is 3.64. The molecule has 170 valence electrons. The maximum Gasteiger partial charge on any atom is 0.272 e. The summed E-state index contributed by atoms with van der Waals surface area (Å²) in [6.45, 7) is 6.75. The zero-order valence-electron chi connectivity index (χ0n) is 19.5. The highest BCUT2D eigenvalue weighted by molar-refractivity contribution is 5.99. The maximum absolute atomic E-state index is 13.5. The number of carbonyl (C=O) groups is 1. The molecule has 9 heteroatoms. The van der Waals surface area contributed by atoms with Crippen LogP contribution in [0.2, 0.25) is 0 Å². The van der Waals surface area contributed by atoms with Crippen molar-refractivity contribution in [1.29, 1.82) is 0 Å². The summed E-state index contributed by atoms with van der Waals surface area (Å²) in [5.41, 5.74) is 5.79. The molecule has 0 radical (unpaired) electrons. The highest BCUT2D eigenvalue weighted by Gasteiger charge is 2.25. The van der Waals surface area contributed by atoms with Crippen LogP contribution < -0.4 is 4.74 Å². The van der Waals surface area contributed by atoms with Gasteiger partial charge in [-0.05, 0) is 50.6 Å². The molecule has 1 aliphatic rings. The molecule has 5 rings (SSSR count). The second-order valence-electron chi connectivity index (χ2n) is 8.65. The molecule has 0 fully saturated rings. The molecule has 3 aromatic heterocycles. The van der Waals surface area contributed by atoms with Crippen molar-refractivity contribution in [3.63, 3.8) is 0 Å². The lowest BCUT2D eigenvalue weighted by Crippen LogP contribution is -2.33. The van der Waals surface area contributed by atoms with Crippen molar-refractivity contribution in [3.05, 3.63) is 47.0 Å². The lowest BCUT2D eigenvalue weighted by molar-refractivity contribution is 0.0757. The third-order valence-electron chi connectivity index (χ3n) is 6.03. The van der Waals surface area contributed by atoms with E-state index < -0.39 is 0 Å². The van der Waals surface area contributed by atoms with Crippen molar-refractivity contribution in [2.75, 3.05) is 20.2 Å². The first-order valence-corrected chi connectivity index (χ1v) is 11.0. The second-order valence-corrected chi connectivity index (χ2v) is 8.65. The normalized spacial score (nSPS) is 15.3. The van der Waals surface area contributed by atoms with E-state index in [1.165, 1.54) is 0 Å². The minimum absolute atomic E-state index is 0.0454. The van der Waals surface area contributed by atoms with Gasteiger partial charge in [-0.2, -0.15) is 15.3 Å². The Morgan fingerprint density at radius 2 is 2.00 bits per heavy atom. The summed E-state index contributed by atoms with van der Waals surface area (Å²) in [6.07, 6.45) is 5.72. The number of hydrogen-bond donors (Lipinski definition) is 1. The van der Waals surface area contributed by atoms with Gasteiger partial charge in [0.05, 0.1) is 35.2 Å². The van der Waals surface area contributed by atoms with Gasteiger partial charge in [0.1, 0.15) is 12.3 Å².